The second kappa shape index (κ2) is 4.45. The molecule has 0 unspecified atom stereocenters. The Morgan fingerprint density at radius 3 is 2.95 bits per heavy atom. The minimum Gasteiger partial charge on any atom is -0.506 e. The molecule has 5 heteroatoms. The highest BCUT2D eigenvalue weighted by Gasteiger charge is 2.21. The molecule has 0 amide bonds. The van der Waals surface area contributed by atoms with Gasteiger partial charge in [0.1, 0.15) is 22.7 Å². The van der Waals surface area contributed by atoms with Crippen LogP contribution in [0, 0.1) is 0 Å². The molecule has 0 bridgehead atoms. The Morgan fingerprint density at radius 2 is 2.05 bits per heavy atom. The molecule has 1 aliphatic rings. The van der Waals surface area contributed by atoms with Crippen molar-refractivity contribution in [2.75, 3.05) is 5.32 Å². The van der Waals surface area contributed by atoms with E-state index in [0.717, 1.165) is 28.9 Å². The van der Waals surface area contributed by atoms with Crippen LogP contribution >= 0.6 is 11.3 Å². The summed E-state index contributed by atoms with van der Waals surface area (Å²) in [6, 6.07) is 7.20. The summed E-state index contributed by atoms with van der Waals surface area (Å²) in [6.45, 7) is 0. The molecule has 1 aliphatic carbocycles. The fraction of sp³-hybridized carbons (Fsp3) is 0.200. The van der Waals surface area contributed by atoms with Gasteiger partial charge in [-0.1, -0.05) is 12.1 Å². The van der Waals surface area contributed by atoms with Crippen molar-refractivity contribution >= 4 is 33.1 Å². The molecule has 3 aromatic rings. The number of benzene rings is 1. The van der Waals surface area contributed by atoms with Gasteiger partial charge in [-0.15, -0.1) is 11.3 Å². The Labute approximate surface area is 120 Å². The van der Waals surface area contributed by atoms with Crippen molar-refractivity contribution in [1.29, 1.82) is 0 Å². The number of hydrogen-bond donors (Lipinski definition) is 2. The summed E-state index contributed by atoms with van der Waals surface area (Å²) in [7, 11) is 0. The quantitative estimate of drug-likeness (QED) is 0.705. The number of rotatable bonds is 2. The van der Waals surface area contributed by atoms with E-state index in [2.05, 4.69) is 15.3 Å². The lowest BCUT2D eigenvalue weighted by Crippen LogP contribution is -1.96. The number of nitrogens with one attached hydrogen (secondary N) is 1. The lowest BCUT2D eigenvalue weighted by Gasteiger charge is -2.09. The maximum atomic E-state index is 9.88. The van der Waals surface area contributed by atoms with Crippen molar-refractivity contribution in [2.45, 2.75) is 19.3 Å². The molecule has 0 saturated heterocycles. The average molecular weight is 283 g/mol. The Hall–Kier alpha value is -2.14. The van der Waals surface area contributed by atoms with Crippen LogP contribution in [0.5, 0.6) is 5.75 Å². The van der Waals surface area contributed by atoms with Crippen LogP contribution in [0.3, 0.4) is 0 Å². The van der Waals surface area contributed by atoms with Crippen molar-refractivity contribution in [3.05, 3.63) is 41.0 Å². The fourth-order valence-electron chi connectivity index (χ4n) is 2.73. The number of nitrogens with zero attached hydrogens (tertiary/aromatic N) is 2. The molecule has 20 heavy (non-hydrogen) atoms. The van der Waals surface area contributed by atoms with Gasteiger partial charge < -0.3 is 10.4 Å². The Morgan fingerprint density at radius 1 is 1.15 bits per heavy atom. The van der Waals surface area contributed by atoms with Gasteiger partial charge in [0.25, 0.3) is 0 Å². The smallest absolute Gasteiger partial charge is 0.142 e. The molecule has 0 aliphatic heterocycles. The largest absolute Gasteiger partial charge is 0.506 e. The van der Waals surface area contributed by atoms with Crippen molar-refractivity contribution in [3.8, 4) is 5.75 Å². The van der Waals surface area contributed by atoms with Gasteiger partial charge in [0.2, 0.25) is 0 Å². The number of fused-ring (bicyclic) bond motifs is 3. The predicted octanol–water partition coefficient (Wildman–Crippen LogP) is 3.63. The molecular formula is C15H13N3OS. The monoisotopic (exact) mass is 283 g/mol. The Kier molecular flexibility index (Phi) is 2.60. The van der Waals surface area contributed by atoms with Gasteiger partial charge >= 0.3 is 0 Å². The second-order valence-corrected chi connectivity index (χ2v) is 5.99. The molecule has 0 fully saturated rings. The first-order valence-corrected chi connectivity index (χ1v) is 7.45. The van der Waals surface area contributed by atoms with Gasteiger partial charge in [-0.05, 0) is 37.0 Å². The maximum Gasteiger partial charge on any atom is 0.142 e. The minimum absolute atomic E-state index is 0.228. The summed E-state index contributed by atoms with van der Waals surface area (Å²) >= 11 is 1.76. The van der Waals surface area contributed by atoms with E-state index in [1.165, 1.54) is 16.9 Å². The summed E-state index contributed by atoms with van der Waals surface area (Å²) < 4.78 is 0. The fourth-order valence-corrected chi connectivity index (χ4v) is 3.96. The van der Waals surface area contributed by atoms with E-state index in [9.17, 15) is 5.11 Å². The standard InChI is InChI=1S/C15H13N3OS/c19-11-6-2-1-5-10(11)18-14-13-9-4-3-7-12(9)20-15(13)17-8-16-14/h1-2,5-6,8,19H,3-4,7H2,(H,16,17,18). The van der Waals surface area contributed by atoms with Gasteiger partial charge in [-0.2, -0.15) is 0 Å². The lowest BCUT2D eigenvalue weighted by molar-refractivity contribution is 0.478. The van der Waals surface area contributed by atoms with Crippen molar-refractivity contribution in [3.63, 3.8) is 0 Å². The molecule has 2 heterocycles. The molecule has 0 atom stereocenters. The zero-order chi connectivity index (χ0) is 13.5. The first kappa shape index (κ1) is 11.7. The maximum absolute atomic E-state index is 9.88. The Bertz CT molecular complexity index is 797. The van der Waals surface area contributed by atoms with Gasteiger partial charge in [-0.3, -0.25) is 0 Å². The molecule has 2 aromatic heterocycles. The Balaban J connectivity index is 1.86. The number of phenols is 1. The highest BCUT2D eigenvalue weighted by molar-refractivity contribution is 7.19. The van der Waals surface area contributed by atoms with Crippen LogP contribution < -0.4 is 5.32 Å². The van der Waals surface area contributed by atoms with Gasteiger partial charge in [-0.25, -0.2) is 9.97 Å². The molecular weight excluding hydrogens is 270 g/mol. The van der Waals surface area contributed by atoms with Crippen molar-refractivity contribution < 1.29 is 5.11 Å². The minimum atomic E-state index is 0.228. The predicted molar refractivity (Wildman–Crippen MR) is 80.8 cm³/mol. The van der Waals surface area contributed by atoms with E-state index in [1.54, 1.807) is 29.8 Å². The third kappa shape index (κ3) is 1.74. The molecule has 0 saturated carbocycles. The first-order valence-electron chi connectivity index (χ1n) is 6.63. The summed E-state index contributed by atoms with van der Waals surface area (Å²) in [6.07, 6.45) is 5.03. The zero-order valence-corrected chi connectivity index (χ0v) is 11.6. The summed E-state index contributed by atoms with van der Waals surface area (Å²) in [5, 5.41) is 14.2. The van der Waals surface area contributed by atoms with Crippen LogP contribution in [-0.2, 0) is 12.8 Å². The number of anilines is 2. The summed E-state index contributed by atoms with van der Waals surface area (Å²) in [4.78, 5) is 11.2. The van der Waals surface area contributed by atoms with E-state index in [4.69, 9.17) is 0 Å². The number of phenolic OH excluding ortho intramolecular Hbond substituents is 1. The van der Waals surface area contributed by atoms with Crippen LogP contribution in [0.15, 0.2) is 30.6 Å². The normalized spacial score (nSPS) is 13.6. The van der Waals surface area contributed by atoms with Gasteiger partial charge in [0.05, 0.1) is 11.1 Å². The highest BCUT2D eigenvalue weighted by Crippen LogP contribution is 2.40. The van der Waals surface area contributed by atoms with Crippen molar-refractivity contribution in [1.82, 2.24) is 9.97 Å². The van der Waals surface area contributed by atoms with E-state index in [1.807, 2.05) is 12.1 Å². The van der Waals surface area contributed by atoms with Crippen molar-refractivity contribution in [2.24, 2.45) is 0 Å². The third-order valence-corrected chi connectivity index (χ3v) is 4.86. The summed E-state index contributed by atoms with van der Waals surface area (Å²) in [5.41, 5.74) is 2.05. The van der Waals surface area contributed by atoms with Crippen LogP contribution in [0.2, 0.25) is 0 Å². The van der Waals surface area contributed by atoms with Gasteiger partial charge in [0, 0.05) is 4.88 Å². The number of aromatic hydroxyl groups is 1. The number of thiophene rings is 1. The number of aryl methyl sites for hydroxylation is 2. The van der Waals surface area contributed by atoms with E-state index < -0.39 is 0 Å². The third-order valence-electron chi connectivity index (χ3n) is 3.66. The molecule has 4 rings (SSSR count). The molecule has 4 nitrogen and oxygen atoms in total. The van der Waals surface area contributed by atoms with Crippen LogP contribution in [-0.4, -0.2) is 15.1 Å². The molecule has 0 spiro atoms. The average Bonchev–Trinajstić information content (AvgIpc) is 3.02. The van der Waals surface area contributed by atoms with E-state index in [0.29, 0.717) is 5.69 Å². The molecule has 0 radical (unpaired) electrons. The SMILES string of the molecule is Oc1ccccc1Nc1ncnc2sc3c(c12)CCC3. The molecule has 100 valence electrons. The van der Waals surface area contributed by atoms with Crippen LogP contribution in [0.1, 0.15) is 16.9 Å². The lowest BCUT2D eigenvalue weighted by atomic mass is 10.2. The highest BCUT2D eigenvalue weighted by atomic mass is 32.1. The second-order valence-electron chi connectivity index (χ2n) is 4.90. The molecule has 2 N–H and O–H groups in total. The number of para-hydroxylation sites is 2. The van der Waals surface area contributed by atoms with E-state index >= 15 is 0 Å². The number of hydrogen-bond acceptors (Lipinski definition) is 5. The van der Waals surface area contributed by atoms with Gasteiger partial charge in [0.15, 0.2) is 0 Å². The number of aromatic nitrogens is 2. The summed E-state index contributed by atoms with van der Waals surface area (Å²) in [5.74, 6) is 1.02. The zero-order valence-electron chi connectivity index (χ0n) is 10.8. The molecule has 1 aromatic carbocycles. The topological polar surface area (TPSA) is 58.0 Å². The van der Waals surface area contributed by atoms with Crippen LogP contribution in [0.25, 0.3) is 10.2 Å². The first-order chi connectivity index (χ1) is 9.83. The van der Waals surface area contributed by atoms with Crippen LogP contribution in [0.4, 0.5) is 11.5 Å². The van der Waals surface area contributed by atoms with E-state index in [-0.39, 0.29) is 5.75 Å².